The molecule has 154 valence electrons. The van der Waals surface area contributed by atoms with Crippen LogP contribution in [0.2, 0.25) is 0 Å². The maximum Gasteiger partial charge on any atom is 0.250 e. The van der Waals surface area contributed by atoms with E-state index < -0.39 is 17.0 Å². The highest BCUT2D eigenvalue weighted by atomic mass is 79.9. The maximum atomic E-state index is 14.0. The minimum atomic E-state index is -1.01. The van der Waals surface area contributed by atoms with Gasteiger partial charge in [-0.05, 0) is 50.2 Å². The molecule has 0 saturated carbocycles. The number of anilines is 1. The average Bonchev–Trinajstić information content (AvgIpc) is 3.34. The first-order valence-electron chi connectivity index (χ1n) is 8.78. The highest BCUT2D eigenvalue weighted by Crippen LogP contribution is 2.32. The molecule has 5 nitrogen and oxygen atoms in total. The molecule has 4 aromatic rings. The van der Waals surface area contributed by atoms with Gasteiger partial charge in [-0.3, -0.25) is 15.6 Å². The van der Waals surface area contributed by atoms with Crippen LogP contribution >= 0.6 is 38.6 Å². The molecule has 0 unspecified atom stereocenters. The average molecular weight is 509 g/mol. The Labute approximate surface area is 187 Å². The zero-order valence-corrected chi connectivity index (χ0v) is 19.0. The van der Waals surface area contributed by atoms with Gasteiger partial charge in [0, 0.05) is 15.4 Å². The molecule has 0 saturated heterocycles. The number of hydrogen-bond donors (Lipinski definition) is 2. The third-order valence-electron chi connectivity index (χ3n) is 4.50. The summed E-state index contributed by atoms with van der Waals surface area (Å²) in [6, 6.07) is 8.94. The van der Waals surface area contributed by atoms with Gasteiger partial charge in [0.05, 0.1) is 21.3 Å². The van der Waals surface area contributed by atoms with Crippen molar-refractivity contribution < 1.29 is 13.6 Å². The van der Waals surface area contributed by atoms with Gasteiger partial charge in [-0.1, -0.05) is 27.3 Å². The van der Waals surface area contributed by atoms with Crippen LogP contribution in [0.25, 0.3) is 20.8 Å². The van der Waals surface area contributed by atoms with Crippen molar-refractivity contribution in [2.45, 2.75) is 19.3 Å². The summed E-state index contributed by atoms with van der Waals surface area (Å²) in [7, 11) is 0. The fourth-order valence-corrected chi connectivity index (χ4v) is 5.06. The summed E-state index contributed by atoms with van der Waals surface area (Å²) in [6.07, 6.45) is 0. The molecule has 4 rings (SSSR count). The monoisotopic (exact) mass is 508 g/mol. The molecule has 0 spiro atoms. The lowest BCUT2D eigenvalue weighted by Crippen LogP contribution is -2.43. The van der Waals surface area contributed by atoms with Crippen molar-refractivity contribution in [2.75, 3.05) is 5.43 Å². The van der Waals surface area contributed by atoms with Crippen molar-refractivity contribution in [3.63, 3.8) is 0 Å². The molecule has 0 atom stereocenters. The molecule has 10 heteroatoms. The zero-order valence-electron chi connectivity index (χ0n) is 15.8. The first-order valence-corrected chi connectivity index (χ1v) is 11.3. The fraction of sp³-hybridized carbons (Fsp3) is 0.150. The van der Waals surface area contributed by atoms with Gasteiger partial charge in [0.25, 0.3) is 0 Å². The molecule has 2 N–H and O–H groups in total. The first-order chi connectivity index (χ1) is 14.2. The van der Waals surface area contributed by atoms with Crippen LogP contribution in [0.5, 0.6) is 0 Å². The maximum absolute atomic E-state index is 14.0. The second-order valence-electron chi connectivity index (χ2n) is 7.00. The van der Waals surface area contributed by atoms with Crippen molar-refractivity contribution in [1.82, 2.24) is 15.4 Å². The Kier molecular flexibility index (Phi) is 5.56. The summed E-state index contributed by atoms with van der Waals surface area (Å²) >= 11 is 5.98. The molecule has 0 aliphatic carbocycles. The number of aromatic nitrogens is 2. The van der Waals surface area contributed by atoms with Crippen LogP contribution in [0.15, 0.2) is 46.3 Å². The van der Waals surface area contributed by atoms with Crippen molar-refractivity contribution in [3.8, 4) is 10.6 Å². The summed E-state index contributed by atoms with van der Waals surface area (Å²) in [5.41, 5.74) is 5.84. The normalized spacial score (nSPS) is 11.6. The molecule has 2 heterocycles. The topological polar surface area (TPSA) is 66.9 Å². The molecule has 1 amide bonds. The molecule has 2 aromatic heterocycles. The van der Waals surface area contributed by atoms with Crippen LogP contribution < -0.4 is 10.9 Å². The number of nitrogens with zero attached hydrogens (tertiary/aromatic N) is 2. The lowest BCUT2D eigenvalue weighted by atomic mass is 9.89. The third-order valence-corrected chi connectivity index (χ3v) is 6.81. The van der Waals surface area contributed by atoms with Gasteiger partial charge in [0.15, 0.2) is 0 Å². The number of hydrogen-bond acceptors (Lipinski definition) is 6. The number of carbonyl (C=O) groups is 1. The summed E-state index contributed by atoms with van der Waals surface area (Å²) < 4.78 is 29.5. The van der Waals surface area contributed by atoms with E-state index in [1.165, 1.54) is 11.3 Å². The van der Waals surface area contributed by atoms with Gasteiger partial charge >= 0.3 is 0 Å². The summed E-state index contributed by atoms with van der Waals surface area (Å²) in [4.78, 5) is 21.6. The lowest BCUT2D eigenvalue weighted by molar-refractivity contribution is -0.125. The zero-order chi connectivity index (χ0) is 21.5. The minimum absolute atomic E-state index is 0.0706. The standard InChI is InChI=1S/C20H15BrF2N4OS2/c1-20(2,16-9-29-17(25-16)12-8-11(22)4-5-13(12)23)18(28)26-27-19-24-14-6-3-10(21)7-15(14)30-19/h3-9H,1-2H3,(H,24,27)(H,26,28). The molecule has 0 fully saturated rings. The van der Waals surface area contributed by atoms with Crippen LogP contribution in [0.3, 0.4) is 0 Å². The summed E-state index contributed by atoms with van der Waals surface area (Å²) in [5, 5.41) is 2.54. The fourth-order valence-electron chi connectivity index (χ4n) is 2.68. The Morgan fingerprint density at radius 1 is 1.13 bits per heavy atom. The smallest absolute Gasteiger partial charge is 0.250 e. The predicted molar refractivity (Wildman–Crippen MR) is 120 cm³/mol. The molecule has 0 aliphatic rings. The van der Waals surface area contributed by atoms with E-state index in [0.717, 1.165) is 44.2 Å². The first kappa shape index (κ1) is 20.8. The van der Waals surface area contributed by atoms with Crippen LogP contribution in [0, 0.1) is 11.6 Å². The number of amides is 1. The molecule has 0 radical (unpaired) electrons. The summed E-state index contributed by atoms with van der Waals surface area (Å²) in [5.74, 6) is -1.45. The molecular formula is C20H15BrF2N4OS2. The van der Waals surface area contributed by atoms with Gasteiger partial charge < -0.3 is 0 Å². The van der Waals surface area contributed by atoms with Crippen molar-refractivity contribution in [1.29, 1.82) is 0 Å². The highest BCUT2D eigenvalue weighted by Gasteiger charge is 2.33. The predicted octanol–water partition coefficient (Wildman–Crippen LogP) is 5.88. The SMILES string of the molecule is CC(C)(C(=O)NNc1nc2ccc(Br)cc2s1)c1csc(-c2cc(F)ccc2F)n1. The van der Waals surface area contributed by atoms with Crippen molar-refractivity contribution in [2.24, 2.45) is 0 Å². The quantitative estimate of drug-likeness (QED) is 0.330. The molecular weight excluding hydrogens is 494 g/mol. The number of hydrazine groups is 1. The van der Waals surface area contributed by atoms with E-state index in [-0.39, 0.29) is 11.5 Å². The van der Waals surface area contributed by atoms with Gasteiger partial charge in [-0.25, -0.2) is 18.7 Å². The van der Waals surface area contributed by atoms with E-state index in [4.69, 9.17) is 0 Å². The van der Waals surface area contributed by atoms with Gasteiger partial charge in [-0.15, -0.1) is 11.3 Å². The van der Waals surface area contributed by atoms with Gasteiger partial charge in [-0.2, -0.15) is 0 Å². The Bertz CT molecular complexity index is 1250. The summed E-state index contributed by atoms with van der Waals surface area (Å²) in [6.45, 7) is 3.42. The minimum Gasteiger partial charge on any atom is -0.273 e. The van der Waals surface area contributed by atoms with Crippen LogP contribution in [-0.4, -0.2) is 15.9 Å². The van der Waals surface area contributed by atoms with Crippen LogP contribution in [0.1, 0.15) is 19.5 Å². The van der Waals surface area contributed by atoms with Crippen molar-refractivity contribution in [3.05, 3.63) is 63.6 Å². The number of thiazole rings is 2. The molecule has 0 bridgehead atoms. The number of rotatable bonds is 5. The number of carbonyl (C=O) groups excluding carboxylic acids is 1. The second-order valence-corrected chi connectivity index (χ2v) is 9.80. The Balaban J connectivity index is 1.50. The number of fused-ring (bicyclic) bond motifs is 1. The van der Waals surface area contributed by atoms with Crippen molar-refractivity contribution >= 4 is 59.9 Å². The number of nitrogens with one attached hydrogen (secondary N) is 2. The largest absolute Gasteiger partial charge is 0.273 e. The number of benzene rings is 2. The van der Waals surface area contributed by atoms with E-state index in [0.29, 0.717) is 15.8 Å². The van der Waals surface area contributed by atoms with E-state index in [1.54, 1.807) is 19.2 Å². The Morgan fingerprint density at radius 2 is 1.93 bits per heavy atom. The van der Waals surface area contributed by atoms with E-state index >= 15 is 0 Å². The third kappa shape index (κ3) is 4.07. The molecule has 0 aliphatic heterocycles. The second kappa shape index (κ2) is 8.01. The van der Waals surface area contributed by atoms with Crippen LogP contribution in [-0.2, 0) is 10.2 Å². The van der Waals surface area contributed by atoms with Gasteiger partial charge in [0.2, 0.25) is 11.0 Å². The molecule has 30 heavy (non-hydrogen) atoms. The lowest BCUT2D eigenvalue weighted by Gasteiger charge is -2.21. The number of halogens is 3. The van der Waals surface area contributed by atoms with E-state index in [9.17, 15) is 13.6 Å². The van der Waals surface area contributed by atoms with E-state index in [1.807, 2.05) is 18.2 Å². The van der Waals surface area contributed by atoms with Gasteiger partial charge in [0.1, 0.15) is 16.6 Å². The Morgan fingerprint density at radius 3 is 2.73 bits per heavy atom. The van der Waals surface area contributed by atoms with E-state index in [2.05, 4.69) is 36.7 Å². The molecule has 2 aromatic carbocycles. The van der Waals surface area contributed by atoms with Crippen LogP contribution in [0.4, 0.5) is 13.9 Å². The Hall–Kier alpha value is -2.43. The highest BCUT2D eigenvalue weighted by molar-refractivity contribution is 9.10.